The SMILES string of the molecule is NC(=O)[C](C(N)=O)c1ccc(=O)[nH]c1. The zero-order valence-electron chi connectivity index (χ0n) is 7.11. The van der Waals surface area contributed by atoms with Crippen LogP contribution in [0.15, 0.2) is 23.1 Å². The Labute approximate surface area is 78.9 Å². The molecule has 0 aromatic carbocycles. The van der Waals surface area contributed by atoms with Gasteiger partial charge in [-0.1, -0.05) is 6.07 Å². The number of pyridine rings is 1. The molecule has 0 spiro atoms. The Morgan fingerprint density at radius 1 is 1.14 bits per heavy atom. The number of hydrogen-bond donors (Lipinski definition) is 3. The second-order valence-electron chi connectivity index (χ2n) is 2.55. The van der Waals surface area contributed by atoms with Crippen molar-refractivity contribution in [3.63, 3.8) is 0 Å². The Morgan fingerprint density at radius 2 is 1.71 bits per heavy atom. The highest BCUT2D eigenvalue weighted by Gasteiger charge is 2.25. The highest BCUT2D eigenvalue weighted by molar-refractivity contribution is 6.16. The molecule has 0 unspecified atom stereocenters. The minimum atomic E-state index is -0.926. The van der Waals surface area contributed by atoms with Crippen molar-refractivity contribution < 1.29 is 9.59 Å². The summed E-state index contributed by atoms with van der Waals surface area (Å²) >= 11 is 0. The van der Waals surface area contributed by atoms with E-state index in [9.17, 15) is 14.4 Å². The van der Waals surface area contributed by atoms with E-state index in [-0.39, 0.29) is 17.0 Å². The van der Waals surface area contributed by atoms with Gasteiger partial charge in [0.2, 0.25) is 17.4 Å². The Kier molecular flexibility index (Phi) is 2.66. The number of aromatic amines is 1. The van der Waals surface area contributed by atoms with Crippen molar-refractivity contribution in [3.05, 3.63) is 40.2 Å². The summed E-state index contributed by atoms with van der Waals surface area (Å²) in [6.45, 7) is 0. The second kappa shape index (κ2) is 3.73. The summed E-state index contributed by atoms with van der Waals surface area (Å²) in [5.41, 5.74) is 9.73. The molecule has 14 heavy (non-hydrogen) atoms. The fraction of sp³-hybridized carbons (Fsp3) is 0. The van der Waals surface area contributed by atoms with Crippen LogP contribution in [0.3, 0.4) is 0 Å². The lowest BCUT2D eigenvalue weighted by Gasteiger charge is -2.06. The predicted molar refractivity (Wildman–Crippen MR) is 47.8 cm³/mol. The Bertz CT molecular complexity index is 390. The van der Waals surface area contributed by atoms with Crippen LogP contribution >= 0.6 is 0 Å². The number of hydrogen-bond acceptors (Lipinski definition) is 3. The molecular formula is C8H8N3O3. The lowest BCUT2D eigenvalue weighted by molar-refractivity contribution is -0.122. The van der Waals surface area contributed by atoms with Crippen LogP contribution in [0.25, 0.3) is 0 Å². The topological polar surface area (TPSA) is 119 Å². The van der Waals surface area contributed by atoms with Gasteiger partial charge in [-0.25, -0.2) is 0 Å². The molecule has 1 rings (SSSR count). The van der Waals surface area contributed by atoms with Crippen LogP contribution in [0, 0.1) is 5.92 Å². The van der Waals surface area contributed by atoms with E-state index in [0.29, 0.717) is 0 Å². The van der Waals surface area contributed by atoms with E-state index in [1.165, 1.54) is 18.3 Å². The summed E-state index contributed by atoms with van der Waals surface area (Å²) in [5.74, 6) is -2.18. The fourth-order valence-corrected chi connectivity index (χ4v) is 0.972. The van der Waals surface area contributed by atoms with Crippen molar-refractivity contribution in [2.24, 2.45) is 11.5 Å². The minimum absolute atomic E-state index is 0.199. The number of carbonyl (C=O) groups is 2. The third kappa shape index (κ3) is 1.98. The lowest BCUT2D eigenvalue weighted by atomic mass is 10.00. The lowest BCUT2D eigenvalue weighted by Crippen LogP contribution is -2.34. The average molecular weight is 194 g/mol. The first-order valence-corrected chi connectivity index (χ1v) is 3.68. The molecule has 0 aliphatic heterocycles. The molecular weight excluding hydrogens is 186 g/mol. The average Bonchev–Trinajstić information content (AvgIpc) is 2.07. The summed E-state index contributed by atoms with van der Waals surface area (Å²) in [7, 11) is 0. The third-order valence-electron chi connectivity index (χ3n) is 1.57. The number of primary amides is 2. The second-order valence-corrected chi connectivity index (χ2v) is 2.55. The highest BCUT2D eigenvalue weighted by Crippen LogP contribution is 2.10. The van der Waals surface area contributed by atoms with Gasteiger partial charge >= 0.3 is 0 Å². The summed E-state index contributed by atoms with van der Waals surface area (Å²) in [4.78, 5) is 34.6. The molecule has 0 fully saturated rings. The first-order chi connectivity index (χ1) is 6.52. The van der Waals surface area contributed by atoms with E-state index in [1.807, 2.05) is 0 Å². The summed E-state index contributed by atoms with van der Waals surface area (Å²) in [6.07, 6.45) is 1.20. The van der Waals surface area contributed by atoms with Gasteiger partial charge in [0.05, 0.1) is 0 Å². The molecule has 6 nitrogen and oxygen atoms in total. The van der Waals surface area contributed by atoms with Crippen molar-refractivity contribution in [3.8, 4) is 0 Å². The minimum Gasteiger partial charge on any atom is -0.368 e. The van der Waals surface area contributed by atoms with Crippen molar-refractivity contribution in [1.29, 1.82) is 0 Å². The smallest absolute Gasteiger partial charge is 0.247 e. The molecule has 0 bridgehead atoms. The Hall–Kier alpha value is -2.11. The van der Waals surface area contributed by atoms with Gasteiger partial charge in [0.25, 0.3) is 0 Å². The zero-order valence-corrected chi connectivity index (χ0v) is 7.11. The van der Waals surface area contributed by atoms with Gasteiger partial charge < -0.3 is 16.5 Å². The summed E-state index contributed by atoms with van der Waals surface area (Å²) in [6, 6.07) is 2.46. The van der Waals surface area contributed by atoms with E-state index in [1.54, 1.807) is 0 Å². The van der Waals surface area contributed by atoms with Crippen LogP contribution in [-0.4, -0.2) is 16.8 Å². The van der Waals surface area contributed by atoms with Crippen molar-refractivity contribution in [2.45, 2.75) is 0 Å². The maximum absolute atomic E-state index is 10.8. The number of carbonyl (C=O) groups excluding carboxylic acids is 2. The number of H-pyrrole nitrogens is 1. The summed E-state index contributed by atoms with van der Waals surface area (Å²) < 4.78 is 0. The van der Waals surface area contributed by atoms with Crippen molar-refractivity contribution in [1.82, 2.24) is 4.98 Å². The Morgan fingerprint density at radius 3 is 2.07 bits per heavy atom. The molecule has 5 N–H and O–H groups in total. The number of nitrogens with two attached hydrogens (primary N) is 2. The van der Waals surface area contributed by atoms with E-state index in [0.717, 1.165) is 0 Å². The molecule has 1 heterocycles. The van der Waals surface area contributed by atoms with Crippen molar-refractivity contribution in [2.75, 3.05) is 0 Å². The fourth-order valence-electron chi connectivity index (χ4n) is 0.972. The van der Waals surface area contributed by atoms with Crippen LogP contribution < -0.4 is 17.0 Å². The summed E-state index contributed by atoms with van der Waals surface area (Å²) in [5, 5.41) is 0. The van der Waals surface area contributed by atoms with Crippen LogP contribution in [0.4, 0.5) is 0 Å². The van der Waals surface area contributed by atoms with Gasteiger partial charge in [-0.05, 0) is 5.56 Å². The molecule has 1 aromatic rings. The molecule has 0 aliphatic rings. The quantitative estimate of drug-likeness (QED) is 0.496. The Balaban J connectivity index is 3.12. The first kappa shape index (κ1) is 9.97. The highest BCUT2D eigenvalue weighted by atomic mass is 16.2. The monoisotopic (exact) mass is 194 g/mol. The normalized spacial score (nSPS) is 10.1. The number of aromatic nitrogens is 1. The van der Waals surface area contributed by atoms with E-state index < -0.39 is 11.8 Å². The first-order valence-electron chi connectivity index (χ1n) is 3.68. The molecule has 0 atom stereocenters. The maximum Gasteiger partial charge on any atom is 0.247 e. The van der Waals surface area contributed by atoms with Gasteiger partial charge in [0.1, 0.15) is 0 Å². The molecule has 6 heteroatoms. The van der Waals surface area contributed by atoms with Crippen LogP contribution in [0.5, 0.6) is 0 Å². The van der Waals surface area contributed by atoms with Gasteiger partial charge in [-0.15, -0.1) is 0 Å². The number of amides is 2. The van der Waals surface area contributed by atoms with Gasteiger partial charge in [-0.2, -0.15) is 0 Å². The van der Waals surface area contributed by atoms with Crippen molar-refractivity contribution >= 4 is 11.8 Å². The van der Waals surface area contributed by atoms with E-state index in [4.69, 9.17) is 11.5 Å². The maximum atomic E-state index is 10.8. The van der Waals surface area contributed by atoms with Gasteiger partial charge in [0, 0.05) is 12.3 Å². The van der Waals surface area contributed by atoms with E-state index >= 15 is 0 Å². The third-order valence-corrected chi connectivity index (χ3v) is 1.57. The van der Waals surface area contributed by atoms with Crippen LogP contribution in [-0.2, 0) is 9.59 Å². The number of nitrogens with one attached hydrogen (secondary N) is 1. The largest absolute Gasteiger partial charge is 0.368 e. The van der Waals surface area contributed by atoms with E-state index in [2.05, 4.69) is 4.98 Å². The number of rotatable bonds is 3. The molecule has 73 valence electrons. The standard InChI is InChI=1S/C8H8N3O3/c9-7(13)6(8(10)14)4-1-2-5(12)11-3-4/h1-3H,(H2,9,13)(H2,10,14)(H,11,12). The molecule has 1 aromatic heterocycles. The predicted octanol–water partition coefficient (Wildman–Crippen LogP) is -1.73. The molecule has 2 amide bonds. The van der Waals surface area contributed by atoms with Gasteiger partial charge in [0.15, 0.2) is 5.92 Å². The molecule has 1 radical (unpaired) electrons. The zero-order chi connectivity index (χ0) is 10.7. The van der Waals surface area contributed by atoms with Crippen LogP contribution in [0.1, 0.15) is 5.56 Å². The molecule has 0 saturated carbocycles. The molecule has 0 saturated heterocycles. The van der Waals surface area contributed by atoms with Gasteiger partial charge in [-0.3, -0.25) is 14.4 Å². The van der Waals surface area contributed by atoms with Crippen LogP contribution in [0.2, 0.25) is 0 Å². The molecule has 0 aliphatic carbocycles.